The van der Waals surface area contributed by atoms with Gasteiger partial charge in [0.2, 0.25) is 0 Å². The minimum absolute atomic E-state index is 0.0462. The smallest absolute Gasteiger partial charge is 0.319 e. The number of amidine groups is 2. The molecule has 9 nitrogen and oxygen atoms in total. The summed E-state index contributed by atoms with van der Waals surface area (Å²) in [5.74, 6) is 0.487. The summed E-state index contributed by atoms with van der Waals surface area (Å²) in [5.41, 5.74) is 3.92. The largest absolute Gasteiger partial charge is 0.341 e. The molecule has 1 aliphatic carbocycles. The van der Waals surface area contributed by atoms with E-state index in [4.69, 9.17) is 10.8 Å². The van der Waals surface area contributed by atoms with Crippen LogP contribution in [0.2, 0.25) is 0 Å². The Kier molecular flexibility index (Phi) is 6.86. The Morgan fingerprint density at radius 1 is 1.23 bits per heavy atom. The third-order valence-corrected chi connectivity index (χ3v) is 6.77. The monoisotopic (exact) mass is 475 g/mol. The number of hydrogen-bond donors (Lipinski definition) is 3. The van der Waals surface area contributed by atoms with Crippen LogP contribution < -0.4 is 5.32 Å². The molecule has 0 bridgehead atoms. The molecule has 9 heteroatoms. The van der Waals surface area contributed by atoms with Crippen molar-refractivity contribution in [3.05, 3.63) is 64.5 Å². The third-order valence-electron chi connectivity index (χ3n) is 6.77. The van der Waals surface area contributed by atoms with Crippen LogP contribution in [0.15, 0.2) is 47.7 Å². The summed E-state index contributed by atoms with van der Waals surface area (Å²) in [5, 5.41) is 19.8. The molecule has 0 spiro atoms. The molecule has 2 atom stereocenters. The molecule has 0 aromatic carbocycles. The number of carbonyl (C=O) groups excluding carboxylic acids is 2. The van der Waals surface area contributed by atoms with Gasteiger partial charge in [0.25, 0.3) is 5.91 Å². The van der Waals surface area contributed by atoms with Gasteiger partial charge in [-0.2, -0.15) is 0 Å². The molecule has 3 aliphatic rings. The summed E-state index contributed by atoms with van der Waals surface area (Å²) in [7, 11) is 3.47. The van der Waals surface area contributed by atoms with Crippen molar-refractivity contribution < 1.29 is 9.59 Å². The van der Waals surface area contributed by atoms with E-state index in [9.17, 15) is 9.59 Å². The fourth-order valence-electron chi connectivity index (χ4n) is 4.69. The van der Waals surface area contributed by atoms with Gasteiger partial charge in [-0.05, 0) is 55.5 Å². The van der Waals surface area contributed by atoms with Crippen molar-refractivity contribution in [2.45, 2.75) is 51.7 Å². The second-order valence-corrected chi connectivity index (χ2v) is 9.59. The molecule has 1 aromatic heterocycles. The molecule has 1 unspecified atom stereocenters. The second kappa shape index (κ2) is 9.85. The zero-order chi connectivity index (χ0) is 25.3. The molecule has 1 saturated heterocycles. The standard InChI is InChI=1S/C26H33N7O2/c1-16-12-18(24(28)33-17(2)8-9-23(33)27)6-5-7-21(16)30-25(34)22-13-20-15-32(26(35)31(3)4)11-10-19(20)14-29-22/h5-7,12-14,17,21,27-28H,8-11,15H2,1-4H3,(H,30,34)/t17-,21?/m0/s1. The predicted molar refractivity (Wildman–Crippen MR) is 136 cm³/mol. The van der Waals surface area contributed by atoms with E-state index in [-0.39, 0.29) is 24.0 Å². The number of fused-ring (bicyclic) bond motifs is 1. The van der Waals surface area contributed by atoms with Crippen LogP contribution in [0.1, 0.15) is 48.3 Å². The van der Waals surface area contributed by atoms with Crippen molar-refractivity contribution in [1.82, 2.24) is 25.0 Å². The number of nitrogens with one attached hydrogen (secondary N) is 3. The van der Waals surface area contributed by atoms with Crippen molar-refractivity contribution in [3.63, 3.8) is 0 Å². The van der Waals surface area contributed by atoms with Crippen molar-refractivity contribution >= 4 is 23.6 Å². The van der Waals surface area contributed by atoms with Gasteiger partial charge < -0.3 is 20.0 Å². The summed E-state index contributed by atoms with van der Waals surface area (Å²) >= 11 is 0. The first kappa shape index (κ1) is 24.4. The van der Waals surface area contributed by atoms with Gasteiger partial charge in [-0.3, -0.25) is 20.6 Å². The number of amides is 3. The highest BCUT2D eigenvalue weighted by Gasteiger charge is 2.29. The average Bonchev–Trinajstić information content (AvgIpc) is 3.06. The minimum atomic E-state index is -0.343. The maximum Gasteiger partial charge on any atom is 0.319 e. The predicted octanol–water partition coefficient (Wildman–Crippen LogP) is 3.10. The van der Waals surface area contributed by atoms with E-state index >= 15 is 0 Å². The van der Waals surface area contributed by atoms with E-state index in [0.717, 1.165) is 23.1 Å². The van der Waals surface area contributed by atoms with Gasteiger partial charge in [-0.1, -0.05) is 18.2 Å². The number of nitrogens with zero attached hydrogens (tertiary/aromatic N) is 4. The van der Waals surface area contributed by atoms with E-state index in [1.807, 2.05) is 38.2 Å². The molecular formula is C26H33N7O2. The zero-order valence-corrected chi connectivity index (χ0v) is 20.8. The summed E-state index contributed by atoms with van der Waals surface area (Å²) < 4.78 is 0. The number of urea groups is 1. The van der Waals surface area contributed by atoms with Gasteiger partial charge in [0.1, 0.15) is 17.4 Å². The van der Waals surface area contributed by atoms with Crippen LogP contribution in [-0.4, -0.2) is 76.0 Å². The topological polar surface area (TPSA) is 116 Å². The molecule has 0 saturated carbocycles. The number of hydrogen-bond acceptors (Lipinski definition) is 5. The summed E-state index contributed by atoms with van der Waals surface area (Å²) in [4.78, 5) is 34.9. The molecule has 4 rings (SSSR count). The highest BCUT2D eigenvalue weighted by molar-refractivity contribution is 6.09. The van der Waals surface area contributed by atoms with Gasteiger partial charge in [0.15, 0.2) is 0 Å². The number of aromatic nitrogens is 1. The highest BCUT2D eigenvalue weighted by Crippen LogP contribution is 2.24. The van der Waals surface area contributed by atoms with Crippen LogP contribution in [0.4, 0.5) is 4.79 Å². The molecule has 35 heavy (non-hydrogen) atoms. The van der Waals surface area contributed by atoms with Crippen LogP contribution in [-0.2, 0) is 13.0 Å². The first-order valence-corrected chi connectivity index (χ1v) is 11.9. The Labute approximate surface area is 206 Å². The molecule has 1 aromatic rings. The summed E-state index contributed by atoms with van der Waals surface area (Å²) in [6, 6.07) is 1.52. The summed E-state index contributed by atoms with van der Waals surface area (Å²) in [6.45, 7) is 5.04. The number of rotatable bonds is 3. The first-order valence-electron chi connectivity index (χ1n) is 11.9. The van der Waals surface area contributed by atoms with Gasteiger partial charge in [-0.15, -0.1) is 0 Å². The summed E-state index contributed by atoms with van der Waals surface area (Å²) in [6.07, 6.45) is 11.5. The van der Waals surface area contributed by atoms with Crippen LogP contribution in [0.25, 0.3) is 0 Å². The molecule has 1 fully saturated rings. The lowest BCUT2D eigenvalue weighted by Crippen LogP contribution is -2.42. The second-order valence-electron chi connectivity index (χ2n) is 9.59. The molecule has 0 radical (unpaired) electrons. The minimum Gasteiger partial charge on any atom is -0.341 e. The average molecular weight is 476 g/mol. The van der Waals surface area contributed by atoms with Crippen LogP contribution in [0.5, 0.6) is 0 Å². The van der Waals surface area contributed by atoms with Gasteiger partial charge in [0, 0.05) is 51.4 Å². The van der Waals surface area contributed by atoms with Gasteiger partial charge >= 0.3 is 6.03 Å². The lowest BCUT2D eigenvalue weighted by Gasteiger charge is -2.31. The number of carbonyl (C=O) groups is 2. The maximum atomic E-state index is 13.1. The lowest BCUT2D eigenvalue weighted by molar-refractivity contribution is 0.0943. The van der Waals surface area contributed by atoms with Crippen molar-refractivity contribution in [3.8, 4) is 0 Å². The molecule has 3 heterocycles. The molecular weight excluding hydrogens is 442 g/mol. The fourth-order valence-corrected chi connectivity index (χ4v) is 4.69. The van der Waals surface area contributed by atoms with E-state index in [2.05, 4.69) is 10.3 Å². The third kappa shape index (κ3) is 5.03. The molecule has 2 aliphatic heterocycles. The number of likely N-dealkylation sites (tertiary alicyclic amines) is 1. The van der Waals surface area contributed by atoms with Gasteiger partial charge in [-0.25, -0.2) is 4.79 Å². The SMILES string of the molecule is CC1=CC(C(=N)N2C(=N)CC[C@@H]2C)=CC=CC1NC(=O)c1cc2c(cn1)CCN(C(=O)N(C)C)C2. The Balaban J connectivity index is 1.46. The van der Waals surface area contributed by atoms with Crippen LogP contribution >= 0.6 is 0 Å². The van der Waals surface area contributed by atoms with Crippen LogP contribution in [0.3, 0.4) is 0 Å². The number of pyridine rings is 1. The van der Waals surface area contributed by atoms with E-state index in [0.29, 0.717) is 48.9 Å². The van der Waals surface area contributed by atoms with E-state index < -0.39 is 0 Å². The Morgan fingerprint density at radius 2 is 2.00 bits per heavy atom. The normalized spacial score (nSPS) is 21.7. The van der Waals surface area contributed by atoms with E-state index in [1.54, 1.807) is 41.1 Å². The fraction of sp³-hybridized carbons (Fsp3) is 0.423. The Hall–Kier alpha value is -3.75. The molecule has 184 valence electrons. The van der Waals surface area contributed by atoms with Crippen molar-refractivity contribution in [2.75, 3.05) is 20.6 Å². The van der Waals surface area contributed by atoms with E-state index in [1.165, 1.54) is 0 Å². The van der Waals surface area contributed by atoms with Gasteiger partial charge in [0.05, 0.1) is 6.04 Å². The first-order chi connectivity index (χ1) is 16.7. The Bertz CT molecular complexity index is 1160. The zero-order valence-electron chi connectivity index (χ0n) is 20.8. The highest BCUT2D eigenvalue weighted by atomic mass is 16.2. The maximum absolute atomic E-state index is 13.1. The van der Waals surface area contributed by atoms with Crippen LogP contribution in [0, 0.1) is 10.8 Å². The molecule has 3 amide bonds. The Morgan fingerprint density at radius 3 is 2.69 bits per heavy atom. The van der Waals surface area contributed by atoms with Crippen molar-refractivity contribution in [2.24, 2.45) is 0 Å². The van der Waals surface area contributed by atoms with Crippen molar-refractivity contribution in [1.29, 1.82) is 10.8 Å². The number of allylic oxidation sites excluding steroid dienone is 2. The quantitative estimate of drug-likeness (QED) is 0.460. The molecule has 3 N–H and O–H groups in total. The lowest BCUT2D eigenvalue weighted by atomic mass is 10.0.